The standard InChI is InChI=1S/C17H28N4OS/c1-22-17-13-15(3-4-16(17)18)19-7-5-14(6-8-19)20-9-11-21(23-2)12-10-20/h3-4,13-14H,5-12,18H2,1-2H3. The number of rotatable bonds is 4. The van der Waals surface area contributed by atoms with Crippen molar-refractivity contribution in [1.29, 1.82) is 0 Å². The second-order valence-electron chi connectivity index (χ2n) is 6.29. The SMILES string of the molecule is COc1cc(N2CCC(N3CCN(SC)CC3)CC2)ccc1N. The Hall–Kier alpha value is -1.11. The number of nitrogens with two attached hydrogens (primary N) is 1. The largest absolute Gasteiger partial charge is 0.495 e. The molecule has 2 aliphatic heterocycles. The third-order valence-corrected chi connectivity index (χ3v) is 5.98. The van der Waals surface area contributed by atoms with E-state index in [2.05, 4.69) is 32.5 Å². The zero-order valence-corrected chi connectivity index (χ0v) is 15.0. The van der Waals surface area contributed by atoms with Crippen molar-refractivity contribution < 1.29 is 4.74 Å². The highest BCUT2D eigenvalue weighted by molar-refractivity contribution is 7.96. The summed E-state index contributed by atoms with van der Waals surface area (Å²) in [5.74, 6) is 0.776. The molecule has 23 heavy (non-hydrogen) atoms. The number of benzene rings is 1. The summed E-state index contributed by atoms with van der Waals surface area (Å²) in [5.41, 5.74) is 7.85. The lowest BCUT2D eigenvalue weighted by Crippen LogP contribution is -2.51. The number of nitrogens with zero attached hydrogens (tertiary/aromatic N) is 3. The minimum Gasteiger partial charge on any atom is -0.495 e. The molecule has 0 aromatic heterocycles. The molecule has 1 aromatic rings. The first kappa shape index (κ1) is 16.7. The quantitative estimate of drug-likeness (QED) is 0.671. The summed E-state index contributed by atoms with van der Waals surface area (Å²) in [7, 11) is 1.68. The first-order valence-electron chi connectivity index (χ1n) is 8.43. The molecular weight excluding hydrogens is 308 g/mol. The van der Waals surface area contributed by atoms with Gasteiger partial charge in [-0.3, -0.25) is 4.90 Å². The molecule has 0 unspecified atom stereocenters. The molecule has 0 atom stereocenters. The van der Waals surface area contributed by atoms with Gasteiger partial charge in [-0.15, -0.1) is 0 Å². The highest BCUT2D eigenvalue weighted by Crippen LogP contribution is 2.30. The Labute approximate surface area is 143 Å². The van der Waals surface area contributed by atoms with Gasteiger partial charge in [0.2, 0.25) is 0 Å². The van der Waals surface area contributed by atoms with Crippen LogP contribution in [0.25, 0.3) is 0 Å². The molecule has 0 radical (unpaired) electrons. The average molecular weight is 337 g/mol. The van der Waals surface area contributed by atoms with Crippen LogP contribution < -0.4 is 15.4 Å². The molecule has 2 heterocycles. The third-order valence-electron chi connectivity index (χ3n) is 5.09. The molecule has 6 heteroatoms. The van der Waals surface area contributed by atoms with E-state index in [1.807, 2.05) is 18.0 Å². The number of nitrogen functional groups attached to an aromatic ring is 1. The van der Waals surface area contributed by atoms with Crippen molar-refractivity contribution in [3.63, 3.8) is 0 Å². The summed E-state index contributed by atoms with van der Waals surface area (Å²) in [6, 6.07) is 6.86. The number of piperazine rings is 1. The van der Waals surface area contributed by atoms with Crippen LogP contribution in [0, 0.1) is 0 Å². The summed E-state index contributed by atoms with van der Waals surface area (Å²) in [6.45, 7) is 7.02. The maximum atomic E-state index is 5.92. The fraction of sp³-hybridized carbons (Fsp3) is 0.647. The van der Waals surface area contributed by atoms with E-state index in [-0.39, 0.29) is 0 Å². The van der Waals surface area contributed by atoms with Gasteiger partial charge in [0, 0.05) is 57.1 Å². The number of hydrogen-bond acceptors (Lipinski definition) is 6. The molecule has 2 fully saturated rings. The molecule has 0 aliphatic carbocycles. The summed E-state index contributed by atoms with van der Waals surface area (Å²) in [4.78, 5) is 5.14. The number of methoxy groups -OCH3 is 1. The fourth-order valence-corrected chi connectivity index (χ4v) is 4.17. The smallest absolute Gasteiger partial charge is 0.143 e. The normalized spacial score (nSPS) is 21.6. The number of ether oxygens (including phenoxy) is 1. The molecule has 128 valence electrons. The van der Waals surface area contributed by atoms with E-state index >= 15 is 0 Å². The van der Waals surface area contributed by atoms with Crippen molar-refractivity contribution in [3.8, 4) is 5.75 Å². The van der Waals surface area contributed by atoms with Crippen molar-refractivity contribution in [2.24, 2.45) is 0 Å². The highest BCUT2D eigenvalue weighted by Gasteiger charge is 2.27. The molecule has 0 amide bonds. The molecule has 0 spiro atoms. The minimum atomic E-state index is 0.706. The Balaban J connectivity index is 1.54. The minimum absolute atomic E-state index is 0.706. The predicted molar refractivity (Wildman–Crippen MR) is 99.3 cm³/mol. The van der Waals surface area contributed by atoms with Crippen molar-refractivity contribution in [3.05, 3.63) is 18.2 Å². The third kappa shape index (κ3) is 3.87. The van der Waals surface area contributed by atoms with Crippen LogP contribution in [0.15, 0.2) is 18.2 Å². The van der Waals surface area contributed by atoms with Crippen LogP contribution in [-0.4, -0.2) is 67.9 Å². The molecule has 2 saturated heterocycles. The van der Waals surface area contributed by atoms with E-state index in [9.17, 15) is 0 Å². The van der Waals surface area contributed by atoms with Crippen LogP contribution in [0.3, 0.4) is 0 Å². The van der Waals surface area contributed by atoms with Gasteiger partial charge in [-0.2, -0.15) is 0 Å². The molecule has 0 bridgehead atoms. The zero-order valence-electron chi connectivity index (χ0n) is 14.2. The van der Waals surface area contributed by atoms with Crippen LogP contribution in [0.2, 0.25) is 0 Å². The van der Waals surface area contributed by atoms with Crippen molar-refractivity contribution in [2.75, 3.05) is 63.3 Å². The van der Waals surface area contributed by atoms with Crippen LogP contribution in [0.5, 0.6) is 5.75 Å². The number of hydrogen-bond donors (Lipinski definition) is 1. The van der Waals surface area contributed by atoms with Gasteiger partial charge in [0.25, 0.3) is 0 Å². The van der Waals surface area contributed by atoms with Crippen molar-refractivity contribution in [1.82, 2.24) is 9.21 Å². The van der Waals surface area contributed by atoms with E-state index in [0.717, 1.165) is 24.9 Å². The van der Waals surface area contributed by atoms with E-state index < -0.39 is 0 Å². The summed E-state index contributed by atoms with van der Waals surface area (Å²) in [5, 5.41) is 0. The predicted octanol–water partition coefficient (Wildman–Crippen LogP) is 2.14. The van der Waals surface area contributed by atoms with Crippen molar-refractivity contribution in [2.45, 2.75) is 18.9 Å². The van der Waals surface area contributed by atoms with Gasteiger partial charge in [0.05, 0.1) is 12.8 Å². The lowest BCUT2D eigenvalue weighted by atomic mass is 10.0. The second kappa shape index (κ2) is 7.64. The first-order valence-corrected chi connectivity index (χ1v) is 9.61. The van der Waals surface area contributed by atoms with Gasteiger partial charge in [-0.1, -0.05) is 11.9 Å². The molecule has 1 aromatic carbocycles. The van der Waals surface area contributed by atoms with Crippen LogP contribution in [0.1, 0.15) is 12.8 Å². The molecular formula is C17H28N4OS. The van der Waals surface area contributed by atoms with Gasteiger partial charge in [0.1, 0.15) is 5.75 Å². The molecule has 2 N–H and O–H groups in total. The zero-order chi connectivity index (χ0) is 16.2. The van der Waals surface area contributed by atoms with E-state index in [1.165, 1.54) is 44.7 Å². The van der Waals surface area contributed by atoms with Crippen molar-refractivity contribution >= 4 is 23.3 Å². The Kier molecular flexibility index (Phi) is 5.56. The fourth-order valence-electron chi connectivity index (χ4n) is 3.64. The maximum Gasteiger partial charge on any atom is 0.143 e. The monoisotopic (exact) mass is 336 g/mol. The Bertz CT molecular complexity index is 511. The van der Waals surface area contributed by atoms with Gasteiger partial charge in [-0.05, 0) is 31.2 Å². The lowest BCUT2D eigenvalue weighted by molar-refractivity contribution is 0.124. The van der Waals surface area contributed by atoms with Gasteiger partial charge in [-0.25, -0.2) is 4.31 Å². The van der Waals surface area contributed by atoms with Crippen LogP contribution in [-0.2, 0) is 0 Å². The average Bonchev–Trinajstić information content (AvgIpc) is 2.62. The van der Waals surface area contributed by atoms with Gasteiger partial charge >= 0.3 is 0 Å². The number of anilines is 2. The molecule has 2 aliphatic rings. The van der Waals surface area contributed by atoms with Gasteiger partial charge in [0.15, 0.2) is 0 Å². The summed E-state index contributed by atoms with van der Waals surface area (Å²) < 4.78 is 7.81. The van der Waals surface area contributed by atoms with E-state index in [1.54, 1.807) is 7.11 Å². The van der Waals surface area contributed by atoms with E-state index in [4.69, 9.17) is 10.5 Å². The second-order valence-corrected chi connectivity index (χ2v) is 7.17. The van der Waals surface area contributed by atoms with E-state index in [0.29, 0.717) is 5.69 Å². The topological polar surface area (TPSA) is 45.0 Å². The Morgan fingerprint density at radius 3 is 2.39 bits per heavy atom. The van der Waals surface area contributed by atoms with Crippen LogP contribution >= 0.6 is 11.9 Å². The maximum absolute atomic E-state index is 5.92. The summed E-state index contributed by atoms with van der Waals surface area (Å²) >= 11 is 1.87. The first-order chi connectivity index (χ1) is 11.2. The Morgan fingerprint density at radius 2 is 1.78 bits per heavy atom. The number of piperidine rings is 1. The highest BCUT2D eigenvalue weighted by atomic mass is 32.2. The molecule has 3 rings (SSSR count). The van der Waals surface area contributed by atoms with Gasteiger partial charge < -0.3 is 15.4 Å². The van der Waals surface area contributed by atoms with Crippen LogP contribution in [0.4, 0.5) is 11.4 Å². The summed E-state index contributed by atoms with van der Waals surface area (Å²) in [6.07, 6.45) is 4.66. The molecule has 0 saturated carbocycles. The molecule has 5 nitrogen and oxygen atoms in total. The lowest BCUT2D eigenvalue weighted by Gasteiger charge is -2.42. The Morgan fingerprint density at radius 1 is 1.09 bits per heavy atom.